The molecule has 2 aromatic rings. The van der Waals surface area contributed by atoms with E-state index in [9.17, 15) is 9.90 Å². The zero-order valence-corrected chi connectivity index (χ0v) is 14.3. The van der Waals surface area contributed by atoms with E-state index in [-0.39, 0.29) is 12.5 Å². The Morgan fingerprint density at radius 3 is 2.64 bits per heavy atom. The molecule has 1 fully saturated rings. The van der Waals surface area contributed by atoms with Crippen LogP contribution < -0.4 is 9.64 Å². The van der Waals surface area contributed by atoms with Gasteiger partial charge in [0.15, 0.2) is 6.10 Å². The predicted molar refractivity (Wildman–Crippen MR) is 95.7 cm³/mol. The number of hydrogen-bond donors (Lipinski definition) is 1. The number of pyridine rings is 1. The number of ether oxygens (including phenoxy) is 1. The van der Waals surface area contributed by atoms with Crippen LogP contribution in [0.3, 0.4) is 0 Å². The van der Waals surface area contributed by atoms with Crippen LogP contribution in [0, 0.1) is 6.92 Å². The average molecular weight is 341 g/mol. The molecule has 0 spiro atoms. The molecule has 1 aliphatic heterocycles. The topological polar surface area (TPSA) is 65.9 Å². The third-order valence-corrected chi connectivity index (χ3v) is 4.38. The van der Waals surface area contributed by atoms with Crippen LogP contribution in [0.5, 0.6) is 5.75 Å². The van der Waals surface area contributed by atoms with Gasteiger partial charge in [0.1, 0.15) is 12.4 Å². The van der Waals surface area contributed by atoms with Gasteiger partial charge in [-0.15, -0.1) is 0 Å². The van der Waals surface area contributed by atoms with Crippen molar-refractivity contribution in [2.45, 2.75) is 13.0 Å². The molecule has 2 heterocycles. The summed E-state index contributed by atoms with van der Waals surface area (Å²) >= 11 is 0. The number of hydrogen-bond acceptors (Lipinski definition) is 5. The maximum absolute atomic E-state index is 12.4. The molecular weight excluding hydrogens is 318 g/mol. The van der Waals surface area contributed by atoms with E-state index < -0.39 is 6.10 Å². The molecule has 0 aliphatic carbocycles. The van der Waals surface area contributed by atoms with E-state index in [0.29, 0.717) is 18.8 Å². The minimum atomic E-state index is -1.15. The molecule has 0 unspecified atom stereocenters. The second kappa shape index (κ2) is 7.98. The lowest BCUT2D eigenvalue weighted by atomic mass is 10.2. The molecule has 1 aliphatic rings. The van der Waals surface area contributed by atoms with Crippen LogP contribution >= 0.6 is 0 Å². The van der Waals surface area contributed by atoms with Crippen molar-refractivity contribution in [2.24, 2.45) is 0 Å². The van der Waals surface area contributed by atoms with Gasteiger partial charge in [0.05, 0.1) is 11.9 Å². The summed E-state index contributed by atoms with van der Waals surface area (Å²) in [6.45, 7) is 4.50. The highest BCUT2D eigenvalue weighted by molar-refractivity contribution is 5.81. The Bertz CT molecular complexity index is 700. The Kier molecular flexibility index (Phi) is 5.50. The summed E-state index contributed by atoms with van der Waals surface area (Å²) in [6.07, 6.45) is 2.42. The van der Waals surface area contributed by atoms with E-state index in [2.05, 4.69) is 9.88 Å². The number of carbonyl (C=O) groups excluding carboxylic acids is 1. The number of benzene rings is 1. The summed E-state index contributed by atoms with van der Waals surface area (Å²) in [7, 11) is 0. The maximum Gasteiger partial charge on any atom is 0.255 e. The summed E-state index contributed by atoms with van der Waals surface area (Å²) in [6, 6.07) is 11.5. The molecule has 1 N–H and O–H groups in total. The van der Waals surface area contributed by atoms with Crippen LogP contribution in [-0.4, -0.2) is 59.8 Å². The Balaban J connectivity index is 1.49. The van der Waals surface area contributed by atoms with Crippen molar-refractivity contribution >= 4 is 11.6 Å². The summed E-state index contributed by atoms with van der Waals surface area (Å²) < 4.78 is 5.58. The minimum Gasteiger partial charge on any atom is -0.490 e. The number of carbonyl (C=O) groups is 1. The zero-order chi connectivity index (χ0) is 17.6. The van der Waals surface area contributed by atoms with E-state index in [1.54, 1.807) is 11.1 Å². The molecule has 1 aromatic carbocycles. The zero-order valence-electron chi connectivity index (χ0n) is 14.3. The second-order valence-electron chi connectivity index (χ2n) is 6.12. The molecule has 25 heavy (non-hydrogen) atoms. The number of aryl methyl sites for hydroxylation is 1. The normalized spacial score (nSPS) is 15.8. The predicted octanol–water partition coefficient (Wildman–Crippen LogP) is 1.48. The summed E-state index contributed by atoms with van der Waals surface area (Å²) in [5, 5.41) is 10.2. The first-order valence-corrected chi connectivity index (χ1v) is 8.45. The van der Waals surface area contributed by atoms with Gasteiger partial charge in [-0.25, -0.2) is 0 Å². The van der Waals surface area contributed by atoms with Gasteiger partial charge in [0.25, 0.3) is 5.91 Å². The van der Waals surface area contributed by atoms with Gasteiger partial charge in [-0.2, -0.15) is 0 Å². The molecule has 0 bridgehead atoms. The van der Waals surface area contributed by atoms with Gasteiger partial charge < -0.3 is 19.6 Å². The Hall–Kier alpha value is -2.60. The third-order valence-electron chi connectivity index (χ3n) is 4.38. The van der Waals surface area contributed by atoms with Crippen molar-refractivity contribution < 1.29 is 14.6 Å². The number of aliphatic hydroxyl groups excluding tert-OH is 1. The van der Waals surface area contributed by atoms with Gasteiger partial charge >= 0.3 is 0 Å². The maximum atomic E-state index is 12.4. The number of aromatic nitrogens is 1. The number of aliphatic hydroxyl groups is 1. The van der Waals surface area contributed by atoms with Gasteiger partial charge in [-0.3, -0.25) is 9.78 Å². The summed E-state index contributed by atoms with van der Waals surface area (Å²) in [5.41, 5.74) is 2.03. The first-order chi connectivity index (χ1) is 12.1. The number of para-hydroxylation sites is 1. The standard InChI is InChI=1S/C19H23N3O3/c1-15-5-2-3-7-18(15)25-14-17(23)19(24)22-11-9-21(10-12-22)16-6-4-8-20-13-16/h2-8,13,17,23H,9-12,14H2,1H3/t17-/m1/s1. The molecule has 0 radical (unpaired) electrons. The van der Waals surface area contributed by atoms with Crippen molar-refractivity contribution in [3.63, 3.8) is 0 Å². The van der Waals surface area contributed by atoms with Crippen LogP contribution in [0.25, 0.3) is 0 Å². The molecule has 6 nitrogen and oxygen atoms in total. The highest BCUT2D eigenvalue weighted by atomic mass is 16.5. The SMILES string of the molecule is Cc1ccccc1OC[C@@H](O)C(=O)N1CCN(c2cccnc2)CC1. The molecule has 1 amide bonds. The monoisotopic (exact) mass is 341 g/mol. The summed E-state index contributed by atoms with van der Waals surface area (Å²) in [5.74, 6) is 0.412. The Morgan fingerprint density at radius 1 is 1.20 bits per heavy atom. The number of nitrogens with zero attached hydrogens (tertiary/aromatic N) is 3. The first kappa shape index (κ1) is 17.2. The van der Waals surface area contributed by atoms with Gasteiger partial charge in [0, 0.05) is 32.4 Å². The van der Waals surface area contributed by atoms with Crippen LogP contribution in [-0.2, 0) is 4.79 Å². The molecular formula is C19H23N3O3. The highest BCUT2D eigenvalue weighted by Crippen LogP contribution is 2.17. The molecule has 1 aromatic heterocycles. The van der Waals surface area contributed by atoms with Gasteiger partial charge in [-0.1, -0.05) is 18.2 Å². The second-order valence-corrected chi connectivity index (χ2v) is 6.12. The van der Waals surface area contributed by atoms with Crippen LogP contribution in [0.1, 0.15) is 5.56 Å². The smallest absolute Gasteiger partial charge is 0.255 e. The van der Waals surface area contributed by atoms with E-state index in [4.69, 9.17) is 4.74 Å². The van der Waals surface area contributed by atoms with Crippen LogP contribution in [0.15, 0.2) is 48.8 Å². The number of piperazine rings is 1. The van der Waals surface area contributed by atoms with Crippen molar-refractivity contribution in [1.29, 1.82) is 0 Å². The molecule has 1 atom stereocenters. The lowest BCUT2D eigenvalue weighted by Gasteiger charge is -2.36. The van der Waals surface area contributed by atoms with Gasteiger partial charge in [-0.05, 0) is 30.7 Å². The Labute approximate surface area is 147 Å². The lowest BCUT2D eigenvalue weighted by Crippen LogP contribution is -2.52. The van der Waals surface area contributed by atoms with Crippen molar-refractivity contribution in [2.75, 3.05) is 37.7 Å². The van der Waals surface area contributed by atoms with Crippen molar-refractivity contribution in [3.05, 3.63) is 54.4 Å². The molecule has 3 rings (SSSR count). The van der Waals surface area contributed by atoms with Crippen molar-refractivity contribution in [3.8, 4) is 5.75 Å². The Morgan fingerprint density at radius 2 is 1.96 bits per heavy atom. The molecule has 6 heteroatoms. The fourth-order valence-electron chi connectivity index (χ4n) is 2.89. The lowest BCUT2D eigenvalue weighted by molar-refractivity contribution is -0.142. The minimum absolute atomic E-state index is 0.0352. The fraction of sp³-hybridized carbons (Fsp3) is 0.368. The summed E-state index contributed by atoms with van der Waals surface area (Å²) in [4.78, 5) is 20.4. The van der Waals surface area contributed by atoms with E-state index in [1.807, 2.05) is 49.5 Å². The van der Waals surface area contributed by atoms with Crippen LogP contribution in [0.4, 0.5) is 5.69 Å². The van der Waals surface area contributed by atoms with Crippen LogP contribution in [0.2, 0.25) is 0 Å². The molecule has 1 saturated heterocycles. The van der Waals surface area contributed by atoms with Gasteiger partial charge in [0.2, 0.25) is 0 Å². The average Bonchev–Trinajstić information content (AvgIpc) is 2.67. The third kappa shape index (κ3) is 4.28. The van der Waals surface area contributed by atoms with E-state index in [0.717, 1.165) is 24.3 Å². The molecule has 0 saturated carbocycles. The number of amides is 1. The highest BCUT2D eigenvalue weighted by Gasteiger charge is 2.26. The number of rotatable bonds is 5. The first-order valence-electron chi connectivity index (χ1n) is 8.45. The molecule has 132 valence electrons. The number of anilines is 1. The van der Waals surface area contributed by atoms with Crippen molar-refractivity contribution in [1.82, 2.24) is 9.88 Å². The van der Waals surface area contributed by atoms with E-state index >= 15 is 0 Å². The quantitative estimate of drug-likeness (QED) is 0.892. The largest absolute Gasteiger partial charge is 0.490 e. The van der Waals surface area contributed by atoms with E-state index in [1.165, 1.54) is 0 Å². The fourth-order valence-corrected chi connectivity index (χ4v) is 2.89.